The smallest absolute Gasteiger partial charge is 0.313 e. The second-order valence-corrected chi connectivity index (χ2v) is 9.26. The maximum Gasteiger partial charge on any atom is 0.313 e. The van der Waals surface area contributed by atoms with Crippen LogP contribution in [0.4, 0.5) is 0 Å². The van der Waals surface area contributed by atoms with Gasteiger partial charge in [-0.1, -0.05) is 0 Å². The molecule has 1 aliphatic carbocycles. The lowest BCUT2D eigenvalue weighted by molar-refractivity contribution is -0.223. The molecule has 2 saturated heterocycles. The minimum atomic E-state index is -0.789. The summed E-state index contributed by atoms with van der Waals surface area (Å²) in [5.74, 6) is -1.89. The number of ether oxygens (including phenoxy) is 7. The molecule has 0 amide bonds. The summed E-state index contributed by atoms with van der Waals surface area (Å²) in [5.41, 5.74) is -0.606. The van der Waals surface area contributed by atoms with Crippen LogP contribution in [0, 0.1) is 5.41 Å². The maximum absolute atomic E-state index is 12.0. The van der Waals surface area contributed by atoms with Gasteiger partial charge in [0.15, 0.2) is 18.4 Å². The van der Waals surface area contributed by atoms with Gasteiger partial charge in [0.1, 0.15) is 36.6 Å². The van der Waals surface area contributed by atoms with E-state index in [0.717, 1.165) is 0 Å². The highest BCUT2D eigenvalue weighted by Gasteiger charge is 2.64. The van der Waals surface area contributed by atoms with Gasteiger partial charge in [-0.05, 0) is 48.5 Å². The maximum atomic E-state index is 12.0. The van der Waals surface area contributed by atoms with Crippen LogP contribution in [-0.4, -0.2) is 68.1 Å². The normalized spacial score (nSPS) is 39.7. The molecule has 6 unspecified atom stereocenters. The first kappa shape index (κ1) is 21.0. The molecule has 3 fully saturated rings. The third-order valence-corrected chi connectivity index (χ3v) is 4.96. The SMILES string of the molecule is COC1C(OCOC(=O)C(C)(C)C)C2OC(C)(C)OC2C2OC(C)(C)OC12. The van der Waals surface area contributed by atoms with Gasteiger partial charge in [0.25, 0.3) is 0 Å². The fourth-order valence-electron chi connectivity index (χ4n) is 3.87. The molecule has 8 heteroatoms. The Morgan fingerprint density at radius 3 is 1.74 bits per heavy atom. The standard InChI is InChI=1S/C19H32O8/c1-17(2,3)16(20)23-9-22-11-10(21-8)12-14(26-18(4,5)24-12)15-13(11)25-19(6,7)27-15/h10-15H,9H2,1-8H3. The molecule has 0 aromatic heterocycles. The Morgan fingerprint density at radius 2 is 1.30 bits per heavy atom. The summed E-state index contributed by atoms with van der Waals surface area (Å²) >= 11 is 0. The molecular formula is C19H32O8. The molecule has 0 aromatic carbocycles. The third kappa shape index (κ3) is 4.16. The van der Waals surface area contributed by atoms with E-state index >= 15 is 0 Å². The summed E-state index contributed by atoms with van der Waals surface area (Å²) < 4.78 is 41.2. The first-order valence-corrected chi connectivity index (χ1v) is 9.37. The Kier molecular flexibility index (Phi) is 5.38. The molecule has 0 bridgehead atoms. The van der Waals surface area contributed by atoms with Crippen molar-refractivity contribution in [3.63, 3.8) is 0 Å². The molecule has 0 spiro atoms. The molecule has 0 aromatic rings. The number of fused-ring (bicyclic) bond motifs is 3. The van der Waals surface area contributed by atoms with E-state index in [9.17, 15) is 4.79 Å². The summed E-state index contributed by atoms with van der Waals surface area (Å²) in [6, 6.07) is 0. The fourth-order valence-corrected chi connectivity index (χ4v) is 3.87. The van der Waals surface area contributed by atoms with E-state index < -0.39 is 35.3 Å². The summed E-state index contributed by atoms with van der Waals surface area (Å²) in [6.07, 6.45) is -2.52. The van der Waals surface area contributed by atoms with Gasteiger partial charge in [-0.3, -0.25) is 4.79 Å². The monoisotopic (exact) mass is 388 g/mol. The average Bonchev–Trinajstić information content (AvgIpc) is 3.01. The molecule has 156 valence electrons. The van der Waals surface area contributed by atoms with Gasteiger partial charge in [0, 0.05) is 7.11 Å². The van der Waals surface area contributed by atoms with Crippen molar-refractivity contribution in [2.24, 2.45) is 5.41 Å². The van der Waals surface area contributed by atoms with Crippen molar-refractivity contribution in [2.75, 3.05) is 13.9 Å². The minimum absolute atomic E-state index is 0.199. The Hall–Kier alpha value is -0.770. The molecular weight excluding hydrogens is 356 g/mol. The van der Waals surface area contributed by atoms with Gasteiger partial charge in [-0.25, -0.2) is 0 Å². The van der Waals surface area contributed by atoms with Gasteiger partial charge < -0.3 is 33.2 Å². The molecule has 2 heterocycles. The van der Waals surface area contributed by atoms with Crippen LogP contribution < -0.4 is 0 Å². The molecule has 8 nitrogen and oxygen atoms in total. The molecule has 2 aliphatic heterocycles. The van der Waals surface area contributed by atoms with Crippen LogP contribution in [0.25, 0.3) is 0 Å². The van der Waals surface area contributed by atoms with E-state index in [0.29, 0.717) is 0 Å². The number of esters is 1. The first-order chi connectivity index (χ1) is 12.3. The van der Waals surface area contributed by atoms with Crippen molar-refractivity contribution in [1.82, 2.24) is 0 Å². The lowest BCUT2D eigenvalue weighted by Crippen LogP contribution is -2.63. The van der Waals surface area contributed by atoms with Crippen LogP contribution in [0.5, 0.6) is 0 Å². The Bertz CT molecular complexity index is 567. The van der Waals surface area contributed by atoms with Gasteiger partial charge in [-0.2, -0.15) is 0 Å². The van der Waals surface area contributed by atoms with E-state index in [1.54, 1.807) is 27.9 Å². The first-order valence-electron chi connectivity index (χ1n) is 9.37. The lowest BCUT2D eigenvalue weighted by atomic mass is 9.85. The van der Waals surface area contributed by atoms with Crippen molar-refractivity contribution in [3.8, 4) is 0 Å². The highest BCUT2D eigenvalue weighted by atomic mass is 16.8. The Balaban J connectivity index is 1.78. The molecule has 0 N–H and O–H groups in total. The summed E-state index contributed by atoms with van der Waals surface area (Å²) in [4.78, 5) is 12.0. The van der Waals surface area contributed by atoms with Crippen LogP contribution in [0.1, 0.15) is 48.5 Å². The largest absolute Gasteiger partial charge is 0.438 e. The third-order valence-electron chi connectivity index (χ3n) is 4.96. The summed E-state index contributed by atoms with van der Waals surface area (Å²) in [6.45, 7) is 12.6. The molecule has 6 atom stereocenters. The molecule has 3 aliphatic rings. The Labute approximate surface area is 160 Å². The number of methoxy groups -OCH3 is 1. The van der Waals surface area contributed by atoms with Gasteiger partial charge in [-0.15, -0.1) is 0 Å². The van der Waals surface area contributed by atoms with Crippen molar-refractivity contribution in [2.45, 2.75) is 96.7 Å². The zero-order valence-corrected chi connectivity index (χ0v) is 17.4. The van der Waals surface area contributed by atoms with E-state index in [4.69, 9.17) is 33.2 Å². The number of hydrogen-bond donors (Lipinski definition) is 0. The number of carbonyl (C=O) groups excluding carboxylic acids is 1. The second-order valence-electron chi connectivity index (χ2n) is 9.26. The number of carbonyl (C=O) groups is 1. The molecule has 0 radical (unpaired) electrons. The minimum Gasteiger partial charge on any atom is -0.438 e. The topological polar surface area (TPSA) is 81.7 Å². The van der Waals surface area contributed by atoms with Crippen molar-refractivity contribution >= 4 is 5.97 Å². The number of hydrogen-bond acceptors (Lipinski definition) is 8. The van der Waals surface area contributed by atoms with E-state index in [1.165, 1.54) is 0 Å². The van der Waals surface area contributed by atoms with E-state index in [-0.39, 0.29) is 31.1 Å². The van der Waals surface area contributed by atoms with Crippen LogP contribution in [0.3, 0.4) is 0 Å². The predicted molar refractivity (Wildman–Crippen MR) is 93.7 cm³/mol. The quantitative estimate of drug-likeness (QED) is 0.534. The van der Waals surface area contributed by atoms with Crippen LogP contribution in [-0.2, 0) is 38.0 Å². The van der Waals surface area contributed by atoms with Crippen LogP contribution in [0.2, 0.25) is 0 Å². The van der Waals surface area contributed by atoms with Crippen LogP contribution in [0.15, 0.2) is 0 Å². The second kappa shape index (κ2) is 6.93. The fraction of sp³-hybridized carbons (Fsp3) is 0.947. The van der Waals surface area contributed by atoms with Gasteiger partial charge in [0.2, 0.25) is 0 Å². The number of rotatable bonds is 4. The van der Waals surface area contributed by atoms with Crippen LogP contribution >= 0.6 is 0 Å². The van der Waals surface area contributed by atoms with Gasteiger partial charge in [0.05, 0.1) is 5.41 Å². The highest BCUT2D eigenvalue weighted by molar-refractivity contribution is 5.75. The molecule has 27 heavy (non-hydrogen) atoms. The lowest BCUT2D eigenvalue weighted by Gasteiger charge is -2.42. The van der Waals surface area contributed by atoms with Crippen molar-refractivity contribution in [1.29, 1.82) is 0 Å². The average molecular weight is 388 g/mol. The summed E-state index contributed by atoms with van der Waals surface area (Å²) in [7, 11) is 1.59. The van der Waals surface area contributed by atoms with Crippen molar-refractivity contribution in [3.05, 3.63) is 0 Å². The zero-order chi connectivity index (χ0) is 20.2. The highest BCUT2D eigenvalue weighted by Crippen LogP contribution is 2.46. The van der Waals surface area contributed by atoms with E-state index in [1.807, 2.05) is 27.7 Å². The molecule has 1 saturated carbocycles. The van der Waals surface area contributed by atoms with Crippen molar-refractivity contribution < 1.29 is 38.0 Å². The van der Waals surface area contributed by atoms with E-state index in [2.05, 4.69) is 0 Å². The predicted octanol–water partition coefficient (Wildman–Crippen LogP) is 1.99. The van der Waals surface area contributed by atoms with Gasteiger partial charge >= 0.3 is 5.97 Å². The summed E-state index contributed by atoms with van der Waals surface area (Å²) in [5, 5.41) is 0. The molecule has 3 rings (SSSR count). The zero-order valence-electron chi connectivity index (χ0n) is 17.4. The Morgan fingerprint density at radius 1 is 0.852 bits per heavy atom.